The molecule has 3 aromatic carbocycles. The van der Waals surface area contributed by atoms with Crippen molar-refractivity contribution in [3.05, 3.63) is 83.4 Å². The lowest BCUT2D eigenvalue weighted by Crippen LogP contribution is -2.38. The van der Waals surface area contributed by atoms with Crippen LogP contribution in [-0.4, -0.2) is 31.4 Å². The Morgan fingerprint density at radius 3 is 2.52 bits per heavy atom. The van der Waals surface area contributed by atoms with Gasteiger partial charge in [-0.05, 0) is 48.9 Å². The van der Waals surface area contributed by atoms with E-state index < -0.39 is 5.97 Å². The molecule has 7 heteroatoms. The van der Waals surface area contributed by atoms with Crippen LogP contribution >= 0.6 is 11.8 Å². The number of carbonyl (C=O) groups is 3. The maximum atomic E-state index is 13.4. The van der Waals surface area contributed by atoms with E-state index >= 15 is 0 Å². The molecule has 3 aromatic rings. The van der Waals surface area contributed by atoms with E-state index in [1.54, 1.807) is 30.3 Å². The number of hydrogen-bond donors (Lipinski definition) is 1. The lowest BCUT2D eigenvalue weighted by atomic mass is 10.1. The van der Waals surface area contributed by atoms with E-state index in [4.69, 9.17) is 4.74 Å². The smallest absolute Gasteiger partial charge is 0.337 e. The molecule has 0 bridgehead atoms. The van der Waals surface area contributed by atoms with E-state index in [1.165, 1.54) is 23.8 Å². The van der Waals surface area contributed by atoms with Crippen LogP contribution in [0.1, 0.15) is 26.3 Å². The molecule has 1 heterocycles. The Bertz CT molecular complexity index is 1190. The Balaban J connectivity index is 1.74. The highest BCUT2D eigenvalue weighted by Gasteiger charge is 2.29. The molecule has 0 saturated carbocycles. The molecule has 0 fully saturated rings. The normalized spacial score (nSPS) is 12.5. The molecular weight excluding hydrogens is 412 g/mol. The van der Waals surface area contributed by atoms with Gasteiger partial charge in [-0.15, -0.1) is 0 Å². The van der Waals surface area contributed by atoms with Crippen molar-refractivity contribution in [1.82, 2.24) is 0 Å². The quantitative estimate of drug-likeness (QED) is 0.613. The predicted octanol–water partition coefficient (Wildman–Crippen LogP) is 4.53. The fourth-order valence-corrected chi connectivity index (χ4v) is 4.43. The summed E-state index contributed by atoms with van der Waals surface area (Å²) >= 11 is 1.43. The Morgan fingerprint density at radius 2 is 1.74 bits per heavy atom. The van der Waals surface area contributed by atoms with Gasteiger partial charge in [0.05, 0.1) is 23.9 Å². The Hall–Kier alpha value is -3.58. The molecule has 0 aromatic heterocycles. The van der Waals surface area contributed by atoms with E-state index in [-0.39, 0.29) is 18.4 Å². The van der Waals surface area contributed by atoms with Crippen LogP contribution in [0.4, 0.5) is 11.4 Å². The molecule has 156 valence electrons. The monoisotopic (exact) mass is 432 g/mol. The highest BCUT2D eigenvalue weighted by Crippen LogP contribution is 2.41. The second kappa shape index (κ2) is 8.65. The molecule has 1 N–H and O–H groups in total. The fraction of sp³-hybridized carbons (Fsp3) is 0.125. The van der Waals surface area contributed by atoms with E-state index in [0.29, 0.717) is 22.5 Å². The first-order valence-electron chi connectivity index (χ1n) is 9.64. The number of nitrogens with one attached hydrogen (secondary N) is 1. The van der Waals surface area contributed by atoms with Crippen LogP contribution < -0.4 is 10.2 Å². The Morgan fingerprint density at radius 1 is 1.00 bits per heavy atom. The zero-order chi connectivity index (χ0) is 22.0. The zero-order valence-corrected chi connectivity index (χ0v) is 17.9. The minimum absolute atomic E-state index is 0.195. The summed E-state index contributed by atoms with van der Waals surface area (Å²) in [7, 11) is 1.30. The van der Waals surface area contributed by atoms with Gasteiger partial charge in [0.1, 0.15) is 6.54 Å². The number of benzene rings is 3. The first kappa shape index (κ1) is 20.7. The van der Waals surface area contributed by atoms with Crippen molar-refractivity contribution < 1.29 is 19.1 Å². The summed E-state index contributed by atoms with van der Waals surface area (Å²) in [5, 5.41) is 2.87. The Labute approximate surface area is 184 Å². The summed E-state index contributed by atoms with van der Waals surface area (Å²) in [6, 6.07) is 19.7. The molecule has 0 spiro atoms. The molecule has 1 aliphatic rings. The minimum atomic E-state index is -0.508. The highest BCUT2D eigenvalue weighted by molar-refractivity contribution is 7.99. The van der Waals surface area contributed by atoms with Gasteiger partial charge in [-0.1, -0.05) is 42.1 Å². The third-order valence-corrected chi connectivity index (χ3v) is 6.12. The topological polar surface area (TPSA) is 75.7 Å². The highest BCUT2D eigenvalue weighted by atomic mass is 32.2. The first-order valence-corrected chi connectivity index (χ1v) is 10.5. The number of para-hydroxylation sites is 1. The van der Waals surface area contributed by atoms with Crippen molar-refractivity contribution in [3.8, 4) is 0 Å². The minimum Gasteiger partial charge on any atom is -0.465 e. The van der Waals surface area contributed by atoms with Crippen LogP contribution in [0, 0.1) is 6.92 Å². The lowest BCUT2D eigenvalue weighted by molar-refractivity contribution is -0.114. The summed E-state index contributed by atoms with van der Waals surface area (Å²) in [6.45, 7) is 1.71. The van der Waals surface area contributed by atoms with Gasteiger partial charge in [0.15, 0.2) is 0 Å². The second-order valence-electron chi connectivity index (χ2n) is 7.03. The average molecular weight is 433 g/mol. The molecular formula is C24H20N2O4S. The molecule has 2 amide bonds. The first-order chi connectivity index (χ1) is 15.0. The van der Waals surface area contributed by atoms with Gasteiger partial charge in [0, 0.05) is 15.5 Å². The van der Waals surface area contributed by atoms with Crippen molar-refractivity contribution in [2.45, 2.75) is 16.7 Å². The van der Waals surface area contributed by atoms with Gasteiger partial charge in [-0.3, -0.25) is 14.5 Å². The summed E-state index contributed by atoms with van der Waals surface area (Å²) in [4.78, 5) is 41.4. The number of ether oxygens (including phenoxy) is 1. The Kier molecular flexibility index (Phi) is 5.77. The van der Waals surface area contributed by atoms with Gasteiger partial charge in [-0.2, -0.15) is 0 Å². The third-order valence-electron chi connectivity index (χ3n) is 4.97. The molecule has 0 aliphatic carbocycles. The number of nitrogens with zero attached hydrogens (tertiary/aromatic N) is 1. The van der Waals surface area contributed by atoms with Gasteiger partial charge in [0.25, 0.3) is 5.91 Å². The van der Waals surface area contributed by atoms with E-state index in [0.717, 1.165) is 15.4 Å². The van der Waals surface area contributed by atoms with Crippen LogP contribution in [0.25, 0.3) is 0 Å². The number of hydrogen-bond acceptors (Lipinski definition) is 5. The van der Waals surface area contributed by atoms with Gasteiger partial charge in [-0.25, -0.2) is 4.79 Å². The number of rotatable bonds is 4. The number of anilines is 2. The number of amides is 2. The molecule has 1 aliphatic heterocycles. The number of methoxy groups -OCH3 is 1. The largest absolute Gasteiger partial charge is 0.465 e. The average Bonchev–Trinajstić information content (AvgIpc) is 2.89. The van der Waals surface area contributed by atoms with Crippen LogP contribution in [0.5, 0.6) is 0 Å². The summed E-state index contributed by atoms with van der Waals surface area (Å²) in [5.41, 5.74) is 2.92. The van der Waals surface area contributed by atoms with Crippen molar-refractivity contribution in [2.24, 2.45) is 0 Å². The number of fused-ring (bicyclic) bond motifs is 2. The van der Waals surface area contributed by atoms with Gasteiger partial charge >= 0.3 is 5.97 Å². The molecule has 0 saturated heterocycles. The predicted molar refractivity (Wildman–Crippen MR) is 120 cm³/mol. The van der Waals surface area contributed by atoms with Crippen molar-refractivity contribution in [1.29, 1.82) is 0 Å². The number of esters is 1. The molecule has 4 rings (SSSR count). The van der Waals surface area contributed by atoms with E-state index in [2.05, 4.69) is 5.32 Å². The van der Waals surface area contributed by atoms with Crippen LogP contribution in [0.15, 0.2) is 76.5 Å². The third kappa shape index (κ3) is 4.18. The summed E-state index contributed by atoms with van der Waals surface area (Å²) in [6.07, 6.45) is 0. The second-order valence-corrected chi connectivity index (χ2v) is 8.11. The SMILES string of the molecule is COC(=O)c1ccc2c(c1)N(CC(=O)Nc1ccccc1C)C(=O)c1ccccc1S2. The standard InChI is InChI=1S/C24H20N2O4S/c1-15-7-3-5-9-18(15)25-22(27)14-26-19-13-16(24(29)30-2)11-12-21(19)31-20-10-6-4-8-17(20)23(26)28/h3-13H,14H2,1-2H3,(H,25,27). The molecule has 0 radical (unpaired) electrons. The molecule has 0 unspecified atom stereocenters. The fourth-order valence-electron chi connectivity index (χ4n) is 3.37. The van der Waals surface area contributed by atoms with E-state index in [1.807, 2.05) is 43.3 Å². The maximum absolute atomic E-state index is 13.4. The molecule has 0 atom stereocenters. The number of carbonyl (C=O) groups excluding carboxylic acids is 3. The van der Waals surface area contributed by atoms with Gasteiger partial charge < -0.3 is 10.1 Å². The van der Waals surface area contributed by atoms with Crippen LogP contribution in [0.2, 0.25) is 0 Å². The lowest BCUT2D eigenvalue weighted by Gasteiger charge is -2.23. The van der Waals surface area contributed by atoms with Gasteiger partial charge in [0.2, 0.25) is 5.91 Å². The number of aryl methyl sites for hydroxylation is 1. The van der Waals surface area contributed by atoms with Crippen LogP contribution in [0.3, 0.4) is 0 Å². The summed E-state index contributed by atoms with van der Waals surface area (Å²) in [5.74, 6) is -1.14. The van der Waals surface area contributed by atoms with E-state index in [9.17, 15) is 14.4 Å². The van der Waals surface area contributed by atoms with Crippen molar-refractivity contribution >= 4 is 40.9 Å². The van der Waals surface area contributed by atoms with Crippen LogP contribution in [-0.2, 0) is 9.53 Å². The maximum Gasteiger partial charge on any atom is 0.337 e. The summed E-state index contributed by atoms with van der Waals surface area (Å²) < 4.78 is 4.83. The zero-order valence-electron chi connectivity index (χ0n) is 17.0. The van der Waals surface area contributed by atoms with Crippen molar-refractivity contribution in [3.63, 3.8) is 0 Å². The molecule has 6 nitrogen and oxygen atoms in total. The van der Waals surface area contributed by atoms with Crippen molar-refractivity contribution in [2.75, 3.05) is 23.9 Å². The molecule has 31 heavy (non-hydrogen) atoms.